The van der Waals surface area contributed by atoms with Gasteiger partial charge in [0.05, 0.1) is 0 Å². The zero-order valence-corrected chi connectivity index (χ0v) is 13.0. The van der Waals surface area contributed by atoms with Gasteiger partial charge in [-0.1, -0.05) is 34.5 Å². The molecule has 4 unspecified atom stereocenters. The smallest absolute Gasteiger partial charge is 0.0379 e. The highest BCUT2D eigenvalue weighted by Gasteiger charge is 2.39. The van der Waals surface area contributed by atoms with Gasteiger partial charge < -0.3 is 0 Å². The fourth-order valence-electron chi connectivity index (χ4n) is 4.00. The monoisotopic (exact) mass is 326 g/mol. The van der Waals surface area contributed by atoms with Crippen LogP contribution in [0.1, 0.15) is 37.7 Å². The van der Waals surface area contributed by atoms with E-state index in [4.69, 9.17) is 11.6 Å². The number of hydrogen-bond donors (Lipinski definition) is 0. The maximum Gasteiger partial charge on any atom is 0.0379 e. The number of alkyl halides is 1. The normalized spacial score (nSPS) is 31.8. The lowest BCUT2D eigenvalue weighted by atomic mass is 9.84. The van der Waals surface area contributed by atoms with Crippen LogP contribution in [0.4, 0.5) is 0 Å². The van der Waals surface area contributed by atoms with Crippen molar-refractivity contribution in [3.8, 4) is 0 Å². The SMILES string of the molecule is ClC(Cc1cccc(Br)c1)CC1CC2CCC1C2. The van der Waals surface area contributed by atoms with E-state index in [-0.39, 0.29) is 0 Å². The summed E-state index contributed by atoms with van der Waals surface area (Å²) in [7, 11) is 0. The van der Waals surface area contributed by atoms with Gasteiger partial charge in [-0.05, 0) is 67.6 Å². The van der Waals surface area contributed by atoms with Crippen molar-refractivity contribution in [2.24, 2.45) is 17.8 Å². The molecule has 0 heterocycles. The summed E-state index contributed by atoms with van der Waals surface area (Å²) >= 11 is 10.1. The van der Waals surface area contributed by atoms with Crippen LogP contribution in [0.25, 0.3) is 0 Å². The van der Waals surface area contributed by atoms with Gasteiger partial charge >= 0.3 is 0 Å². The predicted molar refractivity (Wildman–Crippen MR) is 81.0 cm³/mol. The van der Waals surface area contributed by atoms with E-state index in [1.807, 2.05) is 0 Å². The summed E-state index contributed by atoms with van der Waals surface area (Å²) in [6, 6.07) is 8.54. The zero-order chi connectivity index (χ0) is 12.5. The molecule has 0 amide bonds. The lowest BCUT2D eigenvalue weighted by Crippen LogP contribution is -2.16. The van der Waals surface area contributed by atoms with E-state index < -0.39 is 0 Å². The van der Waals surface area contributed by atoms with Gasteiger partial charge in [0.1, 0.15) is 0 Å². The van der Waals surface area contributed by atoms with Gasteiger partial charge in [-0.25, -0.2) is 0 Å². The number of rotatable bonds is 4. The molecule has 0 N–H and O–H groups in total. The fraction of sp³-hybridized carbons (Fsp3) is 0.625. The summed E-state index contributed by atoms with van der Waals surface area (Å²) in [6.07, 6.45) is 8.12. The van der Waals surface area contributed by atoms with Crippen LogP contribution in [-0.4, -0.2) is 5.38 Å². The molecule has 2 bridgehead atoms. The summed E-state index contributed by atoms with van der Waals surface area (Å²) in [4.78, 5) is 0. The number of benzene rings is 1. The van der Waals surface area contributed by atoms with Crippen LogP contribution >= 0.6 is 27.5 Å². The summed E-state index contributed by atoms with van der Waals surface area (Å²) in [5.41, 5.74) is 1.35. The van der Waals surface area contributed by atoms with E-state index in [0.29, 0.717) is 5.38 Å². The van der Waals surface area contributed by atoms with E-state index in [1.54, 1.807) is 0 Å². The lowest BCUT2D eigenvalue weighted by Gasteiger charge is -2.23. The van der Waals surface area contributed by atoms with Gasteiger partial charge in [0.2, 0.25) is 0 Å². The van der Waals surface area contributed by atoms with Crippen molar-refractivity contribution in [2.75, 3.05) is 0 Å². The molecule has 2 aliphatic rings. The molecule has 1 aromatic carbocycles. The summed E-state index contributed by atoms with van der Waals surface area (Å²) < 4.78 is 1.16. The first kappa shape index (κ1) is 13.0. The molecule has 0 aromatic heterocycles. The van der Waals surface area contributed by atoms with Crippen molar-refractivity contribution >= 4 is 27.5 Å². The molecule has 2 aliphatic carbocycles. The van der Waals surface area contributed by atoms with Gasteiger partial charge in [0.25, 0.3) is 0 Å². The molecule has 98 valence electrons. The molecule has 2 fully saturated rings. The van der Waals surface area contributed by atoms with E-state index in [0.717, 1.165) is 28.6 Å². The first-order valence-corrected chi connectivity index (χ1v) is 8.32. The molecule has 0 nitrogen and oxygen atoms in total. The largest absolute Gasteiger partial charge is 0.123 e. The minimum atomic E-state index is 0.309. The third kappa shape index (κ3) is 2.93. The quantitative estimate of drug-likeness (QED) is 0.647. The Balaban J connectivity index is 1.54. The Morgan fingerprint density at radius 1 is 1.28 bits per heavy atom. The van der Waals surface area contributed by atoms with Crippen molar-refractivity contribution in [3.63, 3.8) is 0 Å². The molecule has 0 aliphatic heterocycles. The van der Waals surface area contributed by atoms with E-state index in [1.165, 1.54) is 37.7 Å². The minimum Gasteiger partial charge on any atom is -0.123 e. The van der Waals surface area contributed by atoms with Gasteiger partial charge in [-0.2, -0.15) is 0 Å². The first-order chi connectivity index (χ1) is 8.70. The molecule has 0 spiro atoms. The molecule has 1 aromatic rings. The Hall–Kier alpha value is -0.0100. The van der Waals surface area contributed by atoms with Crippen molar-refractivity contribution in [1.29, 1.82) is 0 Å². The average Bonchev–Trinajstić information content (AvgIpc) is 2.90. The van der Waals surface area contributed by atoms with Crippen molar-refractivity contribution in [3.05, 3.63) is 34.3 Å². The van der Waals surface area contributed by atoms with Crippen LogP contribution in [0.15, 0.2) is 28.7 Å². The van der Waals surface area contributed by atoms with Crippen LogP contribution < -0.4 is 0 Å². The maximum absolute atomic E-state index is 6.57. The second kappa shape index (κ2) is 5.54. The molecule has 2 saturated carbocycles. The highest BCUT2D eigenvalue weighted by molar-refractivity contribution is 9.10. The van der Waals surface area contributed by atoms with Crippen molar-refractivity contribution < 1.29 is 0 Å². The van der Waals surface area contributed by atoms with Crippen molar-refractivity contribution in [1.82, 2.24) is 0 Å². The Labute approximate surface area is 123 Å². The van der Waals surface area contributed by atoms with Crippen LogP contribution in [0.3, 0.4) is 0 Å². The van der Waals surface area contributed by atoms with Crippen LogP contribution in [0.5, 0.6) is 0 Å². The standard InChI is InChI=1S/C16H20BrCl/c17-15-3-1-2-11(8-15)9-16(18)10-14-7-12-4-5-13(14)6-12/h1-3,8,12-14,16H,4-7,9-10H2. The maximum atomic E-state index is 6.57. The summed E-state index contributed by atoms with van der Waals surface area (Å²) in [5.74, 6) is 2.95. The predicted octanol–water partition coefficient (Wildman–Crippen LogP) is 5.43. The Morgan fingerprint density at radius 2 is 2.17 bits per heavy atom. The second-order valence-electron chi connectivity index (χ2n) is 6.10. The van der Waals surface area contributed by atoms with Gasteiger partial charge in [-0.15, -0.1) is 11.6 Å². The van der Waals surface area contributed by atoms with Crippen LogP contribution in [-0.2, 0) is 6.42 Å². The molecular formula is C16H20BrCl. The van der Waals surface area contributed by atoms with E-state index in [2.05, 4.69) is 40.2 Å². The van der Waals surface area contributed by atoms with Crippen LogP contribution in [0, 0.1) is 17.8 Å². The minimum absolute atomic E-state index is 0.309. The molecule has 0 radical (unpaired) electrons. The molecule has 18 heavy (non-hydrogen) atoms. The Morgan fingerprint density at radius 3 is 2.83 bits per heavy atom. The third-order valence-electron chi connectivity index (χ3n) is 4.79. The topological polar surface area (TPSA) is 0 Å². The van der Waals surface area contributed by atoms with Crippen molar-refractivity contribution in [2.45, 2.75) is 43.9 Å². The highest BCUT2D eigenvalue weighted by atomic mass is 79.9. The summed E-state index contributed by atoms with van der Waals surface area (Å²) in [5, 5.41) is 0.309. The van der Waals surface area contributed by atoms with Gasteiger partial charge in [-0.3, -0.25) is 0 Å². The molecule has 2 heteroatoms. The lowest BCUT2D eigenvalue weighted by molar-refractivity contribution is 0.310. The number of halogens is 2. The summed E-state index contributed by atoms with van der Waals surface area (Å²) in [6.45, 7) is 0. The highest BCUT2D eigenvalue weighted by Crippen LogP contribution is 2.50. The van der Waals surface area contributed by atoms with Gasteiger partial charge in [0, 0.05) is 9.85 Å². The zero-order valence-electron chi connectivity index (χ0n) is 10.6. The van der Waals surface area contributed by atoms with E-state index >= 15 is 0 Å². The Bertz CT molecular complexity index is 417. The molecule has 0 saturated heterocycles. The fourth-order valence-corrected chi connectivity index (χ4v) is 4.85. The number of hydrogen-bond acceptors (Lipinski definition) is 0. The Kier molecular flexibility index (Phi) is 4.00. The van der Waals surface area contributed by atoms with Crippen LogP contribution in [0.2, 0.25) is 0 Å². The molecule has 3 rings (SSSR count). The first-order valence-electron chi connectivity index (χ1n) is 7.09. The second-order valence-corrected chi connectivity index (χ2v) is 7.63. The van der Waals surface area contributed by atoms with E-state index in [9.17, 15) is 0 Å². The average molecular weight is 328 g/mol. The van der Waals surface area contributed by atoms with Gasteiger partial charge in [0.15, 0.2) is 0 Å². The third-order valence-corrected chi connectivity index (χ3v) is 5.61. The number of fused-ring (bicyclic) bond motifs is 2. The molecular weight excluding hydrogens is 308 g/mol. The molecule has 4 atom stereocenters.